The monoisotopic (exact) mass is 463 g/mol. The lowest BCUT2D eigenvalue weighted by Crippen LogP contribution is -2.51. The van der Waals surface area contributed by atoms with Crippen LogP contribution < -0.4 is 14.5 Å². The van der Waals surface area contributed by atoms with Crippen molar-refractivity contribution in [1.82, 2.24) is 15.1 Å². The molecule has 7 nitrogen and oxygen atoms in total. The third-order valence-corrected chi connectivity index (χ3v) is 7.50. The largest absolute Gasteiger partial charge is 0.495 e. The number of benzene rings is 1. The Kier molecular flexibility index (Phi) is 6.44. The van der Waals surface area contributed by atoms with Crippen molar-refractivity contribution in [2.75, 3.05) is 56.2 Å². The lowest BCUT2D eigenvalue weighted by Gasteiger charge is -2.39. The number of para-hydroxylation sites is 2. The molecule has 0 atom stereocenters. The van der Waals surface area contributed by atoms with Gasteiger partial charge < -0.3 is 19.4 Å². The first-order valence-corrected chi connectivity index (χ1v) is 12.4. The van der Waals surface area contributed by atoms with Crippen molar-refractivity contribution in [3.8, 4) is 16.3 Å². The number of aromatic nitrogens is 2. The minimum absolute atomic E-state index is 0.0948. The van der Waals surface area contributed by atoms with Gasteiger partial charge in [0.05, 0.1) is 17.7 Å². The molecule has 2 aliphatic heterocycles. The van der Waals surface area contributed by atoms with Crippen LogP contribution in [0.4, 0.5) is 11.5 Å². The Morgan fingerprint density at radius 3 is 2.36 bits per heavy atom. The first-order chi connectivity index (χ1) is 16.2. The highest BCUT2D eigenvalue weighted by molar-refractivity contribution is 7.13. The van der Waals surface area contributed by atoms with Crippen LogP contribution in [0, 0.1) is 5.92 Å². The van der Waals surface area contributed by atoms with Crippen LogP contribution in [0.1, 0.15) is 12.8 Å². The molecule has 8 heteroatoms. The number of ether oxygens (including phenoxy) is 1. The average Bonchev–Trinajstić information content (AvgIpc) is 3.44. The molecule has 33 heavy (non-hydrogen) atoms. The number of methoxy groups -OCH3 is 1. The van der Waals surface area contributed by atoms with Gasteiger partial charge in [-0.25, -0.2) is 0 Å². The van der Waals surface area contributed by atoms with Crippen LogP contribution in [0.15, 0.2) is 53.9 Å². The molecule has 0 radical (unpaired) electrons. The lowest BCUT2D eigenvalue weighted by molar-refractivity contribution is -0.136. The van der Waals surface area contributed by atoms with E-state index in [1.807, 2.05) is 46.7 Å². The quantitative estimate of drug-likeness (QED) is 0.574. The van der Waals surface area contributed by atoms with Gasteiger partial charge in [0, 0.05) is 45.2 Å². The zero-order valence-corrected chi connectivity index (χ0v) is 19.7. The summed E-state index contributed by atoms with van der Waals surface area (Å²) in [6, 6.07) is 16.2. The molecule has 0 saturated carbocycles. The number of hydrogen-bond donors (Lipinski definition) is 0. The summed E-state index contributed by atoms with van der Waals surface area (Å²) in [6.45, 7) is 4.85. The number of carbonyl (C=O) groups is 1. The first kappa shape index (κ1) is 21.7. The summed E-state index contributed by atoms with van der Waals surface area (Å²) in [7, 11) is 1.70. The van der Waals surface area contributed by atoms with E-state index in [9.17, 15) is 4.79 Å². The molecule has 2 aromatic heterocycles. The maximum Gasteiger partial charge on any atom is 0.225 e. The Morgan fingerprint density at radius 2 is 1.70 bits per heavy atom. The molecule has 2 fully saturated rings. The summed E-state index contributed by atoms with van der Waals surface area (Å²) in [5, 5.41) is 10.9. The van der Waals surface area contributed by atoms with E-state index in [0.29, 0.717) is 5.91 Å². The standard InChI is InChI=1S/C25H29N5O2S/c1-32-22-6-3-2-5-21(22)28-14-16-30(17-15-28)25(31)19-10-12-29(13-11-19)24-9-8-20(26-27-24)23-7-4-18-33-23/h2-9,18-19H,10-17H2,1H3. The third kappa shape index (κ3) is 4.66. The number of thiophene rings is 1. The van der Waals surface area contributed by atoms with E-state index in [4.69, 9.17) is 4.74 Å². The summed E-state index contributed by atoms with van der Waals surface area (Å²) < 4.78 is 5.50. The second-order valence-electron chi connectivity index (χ2n) is 8.50. The molecule has 2 saturated heterocycles. The molecular formula is C25H29N5O2S. The molecule has 172 valence electrons. The molecule has 0 aliphatic carbocycles. The van der Waals surface area contributed by atoms with E-state index in [2.05, 4.69) is 32.1 Å². The Balaban J connectivity index is 1.13. The molecule has 0 N–H and O–H groups in total. The summed E-state index contributed by atoms with van der Waals surface area (Å²) in [6.07, 6.45) is 1.72. The van der Waals surface area contributed by atoms with E-state index >= 15 is 0 Å². The highest BCUT2D eigenvalue weighted by Gasteiger charge is 2.31. The van der Waals surface area contributed by atoms with Crippen molar-refractivity contribution in [3.63, 3.8) is 0 Å². The Morgan fingerprint density at radius 1 is 0.909 bits per heavy atom. The molecule has 4 heterocycles. The fourth-order valence-electron chi connectivity index (χ4n) is 4.72. The van der Waals surface area contributed by atoms with Gasteiger partial charge >= 0.3 is 0 Å². The normalized spacial score (nSPS) is 17.3. The number of hydrogen-bond acceptors (Lipinski definition) is 7. The maximum atomic E-state index is 13.2. The molecule has 3 aromatic rings. The number of piperidine rings is 1. The van der Waals surface area contributed by atoms with E-state index in [0.717, 1.165) is 79.9 Å². The lowest BCUT2D eigenvalue weighted by atomic mass is 9.95. The summed E-state index contributed by atoms with van der Waals surface area (Å²) in [5.74, 6) is 2.17. The first-order valence-electron chi connectivity index (χ1n) is 11.5. The average molecular weight is 464 g/mol. The van der Waals surface area contributed by atoms with Crippen molar-refractivity contribution >= 4 is 28.7 Å². The van der Waals surface area contributed by atoms with Crippen molar-refractivity contribution in [1.29, 1.82) is 0 Å². The number of anilines is 2. The molecule has 1 amide bonds. The Bertz CT molecular complexity index is 1060. The predicted octanol–water partition coefficient (Wildman–Crippen LogP) is 3.78. The summed E-state index contributed by atoms with van der Waals surface area (Å²) in [5.41, 5.74) is 2.01. The van der Waals surface area contributed by atoms with Gasteiger partial charge in [-0.05, 0) is 48.6 Å². The van der Waals surface area contributed by atoms with Crippen molar-refractivity contribution in [2.24, 2.45) is 5.92 Å². The van der Waals surface area contributed by atoms with E-state index in [-0.39, 0.29) is 5.92 Å². The number of amides is 1. The zero-order chi connectivity index (χ0) is 22.6. The van der Waals surface area contributed by atoms with Gasteiger partial charge in [-0.2, -0.15) is 0 Å². The van der Waals surface area contributed by atoms with Crippen LogP contribution in [0.25, 0.3) is 10.6 Å². The fraction of sp³-hybridized carbons (Fsp3) is 0.400. The topological polar surface area (TPSA) is 61.8 Å². The fourth-order valence-corrected chi connectivity index (χ4v) is 5.41. The second kappa shape index (κ2) is 9.79. The van der Waals surface area contributed by atoms with Crippen LogP contribution in [-0.4, -0.2) is 67.4 Å². The van der Waals surface area contributed by atoms with Crippen LogP contribution in [0.3, 0.4) is 0 Å². The molecular weight excluding hydrogens is 434 g/mol. The Hall–Kier alpha value is -3.13. The maximum absolute atomic E-state index is 13.2. The van der Waals surface area contributed by atoms with Crippen molar-refractivity contribution in [2.45, 2.75) is 12.8 Å². The van der Waals surface area contributed by atoms with Crippen LogP contribution in [-0.2, 0) is 4.79 Å². The smallest absolute Gasteiger partial charge is 0.225 e. The molecule has 1 aromatic carbocycles. The van der Waals surface area contributed by atoms with Gasteiger partial charge in [0.25, 0.3) is 0 Å². The van der Waals surface area contributed by atoms with Gasteiger partial charge in [0.15, 0.2) is 5.82 Å². The number of piperazine rings is 1. The minimum atomic E-state index is 0.0948. The predicted molar refractivity (Wildman–Crippen MR) is 132 cm³/mol. The number of nitrogens with zero attached hydrogens (tertiary/aromatic N) is 5. The Labute approximate surface area is 198 Å². The van der Waals surface area contributed by atoms with Crippen molar-refractivity contribution < 1.29 is 9.53 Å². The van der Waals surface area contributed by atoms with Gasteiger partial charge in [-0.3, -0.25) is 4.79 Å². The number of carbonyl (C=O) groups excluding carboxylic acids is 1. The minimum Gasteiger partial charge on any atom is -0.495 e. The molecule has 0 bridgehead atoms. The number of rotatable bonds is 5. The van der Waals surface area contributed by atoms with E-state index in [1.54, 1.807) is 18.4 Å². The molecule has 0 unspecified atom stereocenters. The third-order valence-electron chi connectivity index (χ3n) is 6.61. The van der Waals surface area contributed by atoms with Crippen molar-refractivity contribution in [3.05, 3.63) is 53.9 Å². The molecule has 5 rings (SSSR count). The van der Waals surface area contributed by atoms with Crippen LogP contribution in [0.2, 0.25) is 0 Å². The van der Waals surface area contributed by atoms with Gasteiger partial charge in [-0.1, -0.05) is 18.2 Å². The van der Waals surface area contributed by atoms with E-state index in [1.165, 1.54) is 0 Å². The SMILES string of the molecule is COc1ccccc1N1CCN(C(=O)C2CCN(c3ccc(-c4cccs4)nn3)CC2)CC1. The zero-order valence-electron chi connectivity index (χ0n) is 18.9. The van der Waals surface area contributed by atoms with Gasteiger partial charge in [0.1, 0.15) is 11.4 Å². The summed E-state index contributed by atoms with van der Waals surface area (Å²) >= 11 is 1.67. The second-order valence-corrected chi connectivity index (χ2v) is 9.45. The van der Waals surface area contributed by atoms with Gasteiger partial charge in [0.2, 0.25) is 5.91 Å². The van der Waals surface area contributed by atoms with Crippen LogP contribution >= 0.6 is 11.3 Å². The summed E-state index contributed by atoms with van der Waals surface area (Å²) in [4.78, 5) is 20.9. The van der Waals surface area contributed by atoms with Gasteiger partial charge in [-0.15, -0.1) is 21.5 Å². The molecule has 2 aliphatic rings. The highest BCUT2D eigenvalue weighted by Crippen LogP contribution is 2.30. The van der Waals surface area contributed by atoms with Crippen LogP contribution in [0.5, 0.6) is 5.75 Å². The van der Waals surface area contributed by atoms with E-state index < -0.39 is 0 Å². The molecule has 0 spiro atoms. The highest BCUT2D eigenvalue weighted by atomic mass is 32.1.